The average molecular weight is 223 g/mol. The Hall–Kier alpha value is -0.380. The van der Waals surface area contributed by atoms with Crippen LogP contribution in [0.5, 0.6) is 0 Å². The summed E-state index contributed by atoms with van der Waals surface area (Å²) in [5.74, 6) is 1.44. The number of thiophene rings is 1. The predicted octanol–water partition coefficient (Wildman–Crippen LogP) is 1.65. The molecule has 1 aliphatic carbocycles. The van der Waals surface area contributed by atoms with Gasteiger partial charge >= 0.3 is 0 Å². The van der Waals surface area contributed by atoms with E-state index in [4.69, 9.17) is 0 Å². The molecule has 1 aromatic heterocycles. The van der Waals surface area contributed by atoms with Gasteiger partial charge in [0.2, 0.25) is 0 Å². The van der Waals surface area contributed by atoms with E-state index in [0.717, 1.165) is 44.2 Å². The standard InChI is InChI=1S/C12H17NOS/c14-12(6-11-2-1-3-15-11)4-9-7-13-8-10(9)5-12/h1-3,9-10,13-14H,4-8H2/t9-,10+,12+. The van der Waals surface area contributed by atoms with Crippen molar-refractivity contribution in [2.45, 2.75) is 24.9 Å². The monoisotopic (exact) mass is 223 g/mol. The van der Waals surface area contributed by atoms with Crippen molar-refractivity contribution in [3.8, 4) is 0 Å². The minimum atomic E-state index is -0.414. The number of nitrogens with one attached hydrogen (secondary N) is 1. The lowest BCUT2D eigenvalue weighted by Crippen LogP contribution is -2.30. The molecule has 2 fully saturated rings. The molecule has 1 aliphatic heterocycles. The van der Waals surface area contributed by atoms with Gasteiger partial charge in [0.1, 0.15) is 0 Å². The second kappa shape index (κ2) is 3.58. The normalized spacial score (nSPS) is 39.5. The molecule has 3 atom stereocenters. The van der Waals surface area contributed by atoms with Crippen LogP contribution in [-0.4, -0.2) is 23.8 Å². The fourth-order valence-corrected chi connectivity index (χ4v) is 4.05. The quantitative estimate of drug-likeness (QED) is 0.799. The third kappa shape index (κ3) is 1.84. The van der Waals surface area contributed by atoms with Gasteiger partial charge in [-0.05, 0) is 49.2 Å². The van der Waals surface area contributed by atoms with Gasteiger partial charge in [-0.15, -0.1) is 11.3 Å². The Labute approximate surface area is 94.3 Å². The zero-order valence-electron chi connectivity index (χ0n) is 8.78. The number of aliphatic hydroxyl groups is 1. The van der Waals surface area contributed by atoms with E-state index in [1.54, 1.807) is 11.3 Å². The van der Waals surface area contributed by atoms with Crippen molar-refractivity contribution in [2.75, 3.05) is 13.1 Å². The topological polar surface area (TPSA) is 32.3 Å². The Balaban J connectivity index is 1.71. The highest BCUT2D eigenvalue weighted by Crippen LogP contribution is 2.43. The van der Waals surface area contributed by atoms with E-state index in [-0.39, 0.29) is 0 Å². The molecule has 2 nitrogen and oxygen atoms in total. The molecular weight excluding hydrogens is 206 g/mol. The summed E-state index contributed by atoms with van der Waals surface area (Å²) in [6.45, 7) is 2.22. The molecule has 1 saturated heterocycles. The molecule has 0 radical (unpaired) electrons. The molecule has 0 amide bonds. The van der Waals surface area contributed by atoms with Crippen molar-refractivity contribution < 1.29 is 5.11 Å². The Morgan fingerprint density at radius 1 is 1.40 bits per heavy atom. The van der Waals surface area contributed by atoms with E-state index in [1.807, 2.05) is 0 Å². The van der Waals surface area contributed by atoms with Gasteiger partial charge in [0.25, 0.3) is 0 Å². The molecule has 1 saturated carbocycles. The fourth-order valence-electron chi connectivity index (χ4n) is 3.21. The van der Waals surface area contributed by atoms with Crippen LogP contribution in [0.4, 0.5) is 0 Å². The van der Waals surface area contributed by atoms with Crippen molar-refractivity contribution in [3.63, 3.8) is 0 Å². The van der Waals surface area contributed by atoms with Crippen molar-refractivity contribution in [1.29, 1.82) is 0 Å². The Kier molecular flexibility index (Phi) is 2.34. The van der Waals surface area contributed by atoms with Crippen molar-refractivity contribution in [2.24, 2.45) is 11.8 Å². The highest BCUT2D eigenvalue weighted by atomic mass is 32.1. The molecule has 3 heteroatoms. The fraction of sp³-hybridized carbons (Fsp3) is 0.667. The van der Waals surface area contributed by atoms with Gasteiger partial charge in [0.05, 0.1) is 5.60 Å². The summed E-state index contributed by atoms with van der Waals surface area (Å²) >= 11 is 1.76. The molecule has 2 heterocycles. The molecule has 0 aromatic carbocycles. The molecule has 3 rings (SSSR count). The first-order chi connectivity index (χ1) is 7.25. The van der Waals surface area contributed by atoms with Crippen LogP contribution in [-0.2, 0) is 6.42 Å². The summed E-state index contributed by atoms with van der Waals surface area (Å²) in [5, 5.41) is 16.1. The molecule has 0 bridgehead atoms. The van der Waals surface area contributed by atoms with Crippen LogP contribution in [0.2, 0.25) is 0 Å². The third-order valence-electron chi connectivity index (χ3n) is 3.85. The van der Waals surface area contributed by atoms with Gasteiger partial charge in [0, 0.05) is 11.3 Å². The van der Waals surface area contributed by atoms with Crippen LogP contribution in [0.3, 0.4) is 0 Å². The Morgan fingerprint density at radius 3 is 2.73 bits per heavy atom. The molecule has 15 heavy (non-hydrogen) atoms. The van der Waals surface area contributed by atoms with Crippen LogP contribution in [0, 0.1) is 11.8 Å². The van der Waals surface area contributed by atoms with Gasteiger partial charge in [-0.25, -0.2) is 0 Å². The zero-order valence-corrected chi connectivity index (χ0v) is 9.59. The molecular formula is C12H17NOS. The van der Waals surface area contributed by atoms with Crippen LogP contribution in [0.25, 0.3) is 0 Å². The van der Waals surface area contributed by atoms with Crippen LogP contribution in [0.15, 0.2) is 17.5 Å². The molecule has 2 aliphatic rings. The molecule has 1 aromatic rings. The largest absolute Gasteiger partial charge is 0.389 e. The highest BCUT2D eigenvalue weighted by molar-refractivity contribution is 7.09. The minimum absolute atomic E-state index is 0.414. The number of rotatable bonds is 2. The zero-order chi connectivity index (χ0) is 10.3. The van der Waals surface area contributed by atoms with E-state index >= 15 is 0 Å². The lowest BCUT2D eigenvalue weighted by Gasteiger charge is -2.23. The molecule has 0 unspecified atom stereocenters. The molecule has 82 valence electrons. The number of hydrogen-bond donors (Lipinski definition) is 2. The van der Waals surface area contributed by atoms with Gasteiger partial charge in [-0.3, -0.25) is 0 Å². The maximum atomic E-state index is 10.5. The minimum Gasteiger partial charge on any atom is -0.389 e. The van der Waals surface area contributed by atoms with E-state index in [2.05, 4.69) is 22.8 Å². The first-order valence-electron chi connectivity index (χ1n) is 5.71. The van der Waals surface area contributed by atoms with Gasteiger partial charge in [-0.1, -0.05) is 6.07 Å². The van der Waals surface area contributed by atoms with E-state index < -0.39 is 5.60 Å². The summed E-state index contributed by atoms with van der Waals surface area (Å²) in [6.07, 6.45) is 2.84. The summed E-state index contributed by atoms with van der Waals surface area (Å²) < 4.78 is 0. The van der Waals surface area contributed by atoms with E-state index in [1.165, 1.54) is 4.88 Å². The Bertz CT molecular complexity index is 323. The maximum absolute atomic E-state index is 10.5. The van der Waals surface area contributed by atoms with Gasteiger partial charge < -0.3 is 10.4 Å². The average Bonchev–Trinajstić information content (AvgIpc) is 2.80. The summed E-state index contributed by atoms with van der Waals surface area (Å²) in [4.78, 5) is 1.32. The van der Waals surface area contributed by atoms with Crippen LogP contribution < -0.4 is 5.32 Å². The maximum Gasteiger partial charge on any atom is 0.0702 e. The number of fused-ring (bicyclic) bond motifs is 1. The highest BCUT2D eigenvalue weighted by Gasteiger charge is 2.45. The van der Waals surface area contributed by atoms with Crippen LogP contribution in [0.1, 0.15) is 17.7 Å². The van der Waals surface area contributed by atoms with E-state index in [9.17, 15) is 5.11 Å². The number of hydrogen-bond acceptors (Lipinski definition) is 3. The Morgan fingerprint density at radius 2 is 2.13 bits per heavy atom. The lowest BCUT2D eigenvalue weighted by atomic mass is 9.95. The van der Waals surface area contributed by atoms with E-state index in [0.29, 0.717) is 0 Å². The molecule has 2 N–H and O–H groups in total. The predicted molar refractivity (Wildman–Crippen MR) is 62.1 cm³/mol. The lowest BCUT2D eigenvalue weighted by molar-refractivity contribution is 0.0406. The smallest absolute Gasteiger partial charge is 0.0702 e. The SMILES string of the molecule is O[C@]1(Cc2cccs2)C[C@H]2CNC[C@H]2C1. The first kappa shape index (κ1) is 9.82. The second-order valence-corrected chi connectivity index (χ2v) is 6.10. The van der Waals surface area contributed by atoms with Crippen molar-refractivity contribution in [3.05, 3.63) is 22.4 Å². The van der Waals surface area contributed by atoms with Gasteiger partial charge in [0.15, 0.2) is 0 Å². The van der Waals surface area contributed by atoms with Crippen molar-refractivity contribution >= 4 is 11.3 Å². The van der Waals surface area contributed by atoms with Crippen LogP contribution >= 0.6 is 11.3 Å². The summed E-state index contributed by atoms with van der Waals surface area (Å²) in [7, 11) is 0. The second-order valence-electron chi connectivity index (χ2n) is 5.07. The molecule has 0 spiro atoms. The summed E-state index contributed by atoms with van der Waals surface area (Å²) in [5.41, 5.74) is -0.414. The van der Waals surface area contributed by atoms with Crippen molar-refractivity contribution in [1.82, 2.24) is 5.32 Å². The summed E-state index contributed by atoms with van der Waals surface area (Å²) in [6, 6.07) is 4.20. The third-order valence-corrected chi connectivity index (χ3v) is 4.72. The first-order valence-corrected chi connectivity index (χ1v) is 6.59. The van der Waals surface area contributed by atoms with Gasteiger partial charge in [-0.2, -0.15) is 0 Å².